The van der Waals surface area contributed by atoms with E-state index in [1.165, 1.54) is 0 Å². The van der Waals surface area contributed by atoms with Crippen molar-refractivity contribution in [1.82, 2.24) is 4.98 Å². The fourth-order valence-corrected chi connectivity index (χ4v) is 4.82. The minimum Gasteiger partial charge on any atom is -0.507 e. The van der Waals surface area contributed by atoms with E-state index >= 15 is 0 Å². The molecule has 2 aromatic carbocycles. The van der Waals surface area contributed by atoms with Gasteiger partial charge in [-0.15, -0.1) is 0 Å². The maximum absolute atomic E-state index is 13.3. The van der Waals surface area contributed by atoms with Crippen LogP contribution in [0.1, 0.15) is 36.3 Å². The van der Waals surface area contributed by atoms with Gasteiger partial charge in [0.2, 0.25) is 0 Å². The van der Waals surface area contributed by atoms with Crippen LogP contribution >= 0.6 is 11.6 Å². The molecule has 0 saturated carbocycles. The number of ketones is 1. The van der Waals surface area contributed by atoms with E-state index in [1.54, 1.807) is 41.6 Å². The van der Waals surface area contributed by atoms with E-state index < -0.39 is 5.92 Å². The van der Waals surface area contributed by atoms with E-state index in [0.717, 1.165) is 23.4 Å². The Kier molecular flexibility index (Phi) is 5.56. The largest absolute Gasteiger partial charge is 0.507 e. The molecule has 1 aromatic heterocycles. The zero-order valence-electron chi connectivity index (χ0n) is 17.8. The minimum atomic E-state index is -0.579. The minimum absolute atomic E-state index is 0.0416. The highest BCUT2D eigenvalue weighted by Gasteiger charge is 2.43. The molecule has 0 fully saturated rings. The van der Waals surface area contributed by atoms with Crippen LogP contribution in [0.3, 0.4) is 0 Å². The third-order valence-electron chi connectivity index (χ3n) is 6.16. The summed E-state index contributed by atoms with van der Waals surface area (Å²) in [4.78, 5) is 19.4. The molecule has 5 nitrogen and oxygen atoms in total. The number of pyridine rings is 1. The molecule has 0 spiro atoms. The molecular formula is C27H22ClN3O2. The van der Waals surface area contributed by atoms with E-state index in [1.807, 2.05) is 42.5 Å². The van der Waals surface area contributed by atoms with Gasteiger partial charge in [-0.3, -0.25) is 20.1 Å². The molecule has 1 unspecified atom stereocenters. The third-order valence-corrected chi connectivity index (χ3v) is 6.41. The number of aliphatic hydroxyl groups is 1. The fourth-order valence-electron chi connectivity index (χ4n) is 4.70. The summed E-state index contributed by atoms with van der Waals surface area (Å²) in [5, 5.41) is 21.3. The van der Waals surface area contributed by atoms with Crippen molar-refractivity contribution in [2.75, 3.05) is 4.90 Å². The molecule has 164 valence electrons. The van der Waals surface area contributed by atoms with E-state index in [9.17, 15) is 15.3 Å². The number of para-hydroxylation sites is 1. The lowest BCUT2D eigenvalue weighted by Crippen LogP contribution is -2.42. The molecule has 5 rings (SSSR count). The van der Waals surface area contributed by atoms with Gasteiger partial charge in [-0.05, 0) is 60.9 Å². The molecule has 2 aliphatic rings. The van der Waals surface area contributed by atoms with E-state index in [-0.39, 0.29) is 17.4 Å². The summed E-state index contributed by atoms with van der Waals surface area (Å²) in [7, 11) is 0. The normalized spacial score (nSPS) is 20.0. The van der Waals surface area contributed by atoms with Gasteiger partial charge in [0, 0.05) is 57.8 Å². The Hall–Kier alpha value is -3.70. The number of hydrogen-bond acceptors (Lipinski definition) is 4. The molecular weight excluding hydrogens is 434 g/mol. The van der Waals surface area contributed by atoms with Crippen molar-refractivity contribution >= 4 is 34.7 Å². The highest BCUT2D eigenvalue weighted by Crippen LogP contribution is 2.47. The first-order chi connectivity index (χ1) is 16.1. The number of rotatable bonds is 3. The third kappa shape index (κ3) is 3.74. The average Bonchev–Trinajstić information content (AvgIpc) is 2.84. The number of aliphatic hydroxyl groups excluding tert-OH is 1. The first kappa shape index (κ1) is 21.2. The molecule has 6 heteroatoms. The summed E-state index contributed by atoms with van der Waals surface area (Å²) in [5.41, 5.74) is 3.93. The number of nitrogens with one attached hydrogen (secondary N) is 1. The number of hydrogen-bond donors (Lipinski definition) is 2. The van der Waals surface area contributed by atoms with Crippen LogP contribution in [0.4, 0.5) is 5.69 Å². The average molecular weight is 456 g/mol. The van der Waals surface area contributed by atoms with Gasteiger partial charge in [-0.1, -0.05) is 35.9 Å². The number of amidine groups is 1. The summed E-state index contributed by atoms with van der Waals surface area (Å²) in [6.07, 6.45) is 5.24. The van der Waals surface area contributed by atoms with Gasteiger partial charge >= 0.3 is 0 Å². The summed E-state index contributed by atoms with van der Waals surface area (Å²) in [6, 6.07) is 20.1. The van der Waals surface area contributed by atoms with Crippen molar-refractivity contribution in [3.63, 3.8) is 0 Å². The lowest BCUT2D eigenvalue weighted by atomic mass is 9.74. The van der Waals surface area contributed by atoms with Gasteiger partial charge in [0.1, 0.15) is 11.6 Å². The van der Waals surface area contributed by atoms with Crippen LogP contribution in [-0.2, 0) is 4.79 Å². The topological polar surface area (TPSA) is 77.3 Å². The van der Waals surface area contributed by atoms with Crippen molar-refractivity contribution < 1.29 is 9.90 Å². The molecule has 2 heterocycles. The number of benzene rings is 2. The van der Waals surface area contributed by atoms with Crippen molar-refractivity contribution in [1.29, 1.82) is 5.41 Å². The summed E-state index contributed by atoms with van der Waals surface area (Å²) in [5.74, 6) is -0.433. The molecule has 1 aliphatic carbocycles. The molecule has 33 heavy (non-hydrogen) atoms. The lowest BCUT2D eigenvalue weighted by Gasteiger charge is -2.41. The van der Waals surface area contributed by atoms with Crippen LogP contribution in [0.25, 0.3) is 5.76 Å². The summed E-state index contributed by atoms with van der Waals surface area (Å²) in [6.45, 7) is 0. The quantitative estimate of drug-likeness (QED) is 0.455. The first-order valence-corrected chi connectivity index (χ1v) is 11.2. The monoisotopic (exact) mass is 455 g/mol. The Morgan fingerprint density at radius 1 is 1.03 bits per heavy atom. The van der Waals surface area contributed by atoms with Gasteiger partial charge in [0.15, 0.2) is 5.78 Å². The van der Waals surface area contributed by atoms with E-state index in [0.29, 0.717) is 34.6 Å². The second kappa shape index (κ2) is 8.68. The van der Waals surface area contributed by atoms with Crippen molar-refractivity contribution in [2.45, 2.75) is 25.2 Å². The van der Waals surface area contributed by atoms with E-state index in [2.05, 4.69) is 4.98 Å². The Morgan fingerprint density at radius 3 is 2.48 bits per heavy atom. The van der Waals surface area contributed by atoms with Crippen LogP contribution in [0.5, 0.6) is 0 Å². The van der Waals surface area contributed by atoms with Crippen LogP contribution < -0.4 is 4.90 Å². The molecule has 0 saturated heterocycles. The molecule has 0 bridgehead atoms. The molecule has 1 aliphatic heterocycles. The molecule has 3 aromatic rings. The maximum Gasteiger partial charge on any atom is 0.161 e. The number of carbonyl (C=O) groups excluding carboxylic acids is 1. The maximum atomic E-state index is 13.3. The number of halogens is 1. The predicted molar refractivity (Wildman–Crippen MR) is 131 cm³/mol. The van der Waals surface area contributed by atoms with Crippen LogP contribution in [0.15, 0.2) is 96.0 Å². The number of carbonyl (C=O) groups is 1. The lowest BCUT2D eigenvalue weighted by molar-refractivity contribution is -0.116. The zero-order chi connectivity index (χ0) is 22.9. The van der Waals surface area contributed by atoms with E-state index in [4.69, 9.17) is 11.6 Å². The van der Waals surface area contributed by atoms with Crippen molar-refractivity contribution in [3.8, 4) is 0 Å². The SMILES string of the molecule is N=C1/C(=C(/O)c2ccc(Cl)cc2)C(c2cccnc2)C2=C(CCCC2=O)N1c1ccccc1. The number of aromatic nitrogens is 1. The van der Waals surface area contributed by atoms with Gasteiger partial charge in [-0.2, -0.15) is 0 Å². The van der Waals surface area contributed by atoms with Gasteiger partial charge in [-0.25, -0.2) is 0 Å². The Bertz CT molecular complexity index is 1280. The van der Waals surface area contributed by atoms with Crippen LogP contribution in [-0.4, -0.2) is 21.7 Å². The number of Topliss-reactive ketones (excluding diaryl/α,β-unsaturated/α-hetero) is 1. The number of anilines is 1. The second-order valence-electron chi connectivity index (χ2n) is 8.15. The van der Waals surface area contributed by atoms with Gasteiger partial charge in [0.05, 0.1) is 0 Å². The fraction of sp³-hybridized carbons (Fsp3) is 0.148. The Labute approximate surface area is 197 Å². The Morgan fingerprint density at radius 2 is 1.79 bits per heavy atom. The van der Waals surface area contributed by atoms with Crippen molar-refractivity contribution in [2.24, 2.45) is 0 Å². The highest BCUT2D eigenvalue weighted by atomic mass is 35.5. The zero-order valence-corrected chi connectivity index (χ0v) is 18.6. The number of nitrogens with zero attached hydrogens (tertiary/aromatic N) is 2. The second-order valence-corrected chi connectivity index (χ2v) is 8.58. The Balaban J connectivity index is 1.82. The summed E-state index contributed by atoms with van der Waals surface area (Å²) >= 11 is 6.06. The smallest absolute Gasteiger partial charge is 0.161 e. The molecule has 0 radical (unpaired) electrons. The standard InChI is InChI=1S/C27H22ClN3O2/c28-19-13-11-17(12-14-19)26(33)25-23(18-6-5-15-30-16-18)24-21(9-4-10-22(24)32)31(27(25)29)20-7-2-1-3-8-20/h1-3,5-8,11-16,23,29,33H,4,9-10H2/b26-25+,29-27?. The first-order valence-electron chi connectivity index (χ1n) is 10.9. The van der Waals surface area contributed by atoms with Gasteiger partial charge in [0.25, 0.3) is 0 Å². The van der Waals surface area contributed by atoms with Crippen LogP contribution in [0, 0.1) is 5.41 Å². The highest BCUT2D eigenvalue weighted by molar-refractivity contribution is 6.30. The molecule has 2 N–H and O–H groups in total. The van der Waals surface area contributed by atoms with Crippen LogP contribution in [0.2, 0.25) is 5.02 Å². The van der Waals surface area contributed by atoms with Gasteiger partial charge < -0.3 is 5.11 Å². The van der Waals surface area contributed by atoms with Crippen molar-refractivity contribution in [3.05, 3.63) is 112 Å². The summed E-state index contributed by atoms with van der Waals surface area (Å²) < 4.78 is 0. The predicted octanol–water partition coefficient (Wildman–Crippen LogP) is 6.29. The number of allylic oxidation sites excluding steroid dienone is 2. The molecule has 0 amide bonds. The molecule has 1 atom stereocenters.